The monoisotopic (exact) mass is 305 g/mol. The molecule has 4 rings (SSSR count). The van der Waals surface area contributed by atoms with E-state index >= 15 is 0 Å². The SMILES string of the molecule is Cc1cc(=O)oc2c3c(ccc12)O/C(=C\c1ccccn1)C3=O. The minimum atomic E-state index is -0.488. The van der Waals surface area contributed by atoms with E-state index in [0.717, 1.165) is 10.9 Å². The third-order valence-electron chi connectivity index (χ3n) is 3.72. The summed E-state index contributed by atoms with van der Waals surface area (Å²) in [5, 5.41) is 0.722. The van der Waals surface area contributed by atoms with Crippen LogP contribution in [-0.4, -0.2) is 10.8 Å². The van der Waals surface area contributed by atoms with Gasteiger partial charge in [0.25, 0.3) is 0 Å². The van der Waals surface area contributed by atoms with Crippen LogP contribution in [0, 0.1) is 6.92 Å². The molecule has 3 aromatic rings. The van der Waals surface area contributed by atoms with Crippen LogP contribution in [0.2, 0.25) is 0 Å². The number of ether oxygens (including phenoxy) is 1. The minimum Gasteiger partial charge on any atom is -0.452 e. The lowest BCUT2D eigenvalue weighted by Gasteiger charge is -2.02. The summed E-state index contributed by atoms with van der Waals surface area (Å²) in [6.07, 6.45) is 3.21. The molecule has 0 saturated carbocycles. The molecule has 0 aliphatic carbocycles. The molecule has 1 aliphatic heterocycles. The molecule has 0 N–H and O–H groups in total. The highest BCUT2D eigenvalue weighted by Gasteiger charge is 2.31. The van der Waals surface area contributed by atoms with Gasteiger partial charge in [-0.1, -0.05) is 6.07 Å². The number of aryl methyl sites for hydroxylation is 1. The van der Waals surface area contributed by atoms with Crippen LogP contribution < -0.4 is 10.4 Å². The van der Waals surface area contributed by atoms with Crippen molar-refractivity contribution < 1.29 is 13.9 Å². The van der Waals surface area contributed by atoms with E-state index < -0.39 is 5.63 Å². The first-order chi connectivity index (χ1) is 11.1. The molecule has 0 atom stereocenters. The number of aromatic nitrogens is 1. The normalized spacial score (nSPS) is 15.0. The quantitative estimate of drug-likeness (QED) is 0.510. The zero-order chi connectivity index (χ0) is 16.0. The number of carbonyl (C=O) groups excluding carboxylic acids is 1. The van der Waals surface area contributed by atoms with E-state index in [2.05, 4.69) is 4.98 Å². The van der Waals surface area contributed by atoms with E-state index in [-0.39, 0.29) is 22.7 Å². The zero-order valence-corrected chi connectivity index (χ0v) is 12.2. The highest BCUT2D eigenvalue weighted by atomic mass is 16.5. The molecule has 2 aromatic heterocycles. The lowest BCUT2D eigenvalue weighted by atomic mass is 10.0. The molecule has 23 heavy (non-hydrogen) atoms. The summed E-state index contributed by atoms with van der Waals surface area (Å²) >= 11 is 0. The molecule has 1 aliphatic rings. The number of carbonyl (C=O) groups is 1. The van der Waals surface area contributed by atoms with E-state index in [1.807, 2.05) is 6.07 Å². The maximum absolute atomic E-state index is 12.7. The van der Waals surface area contributed by atoms with Gasteiger partial charge in [0, 0.05) is 23.7 Å². The van der Waals surface area contributed by atoms with E-state index in [4.69, 9.17) is 9.15 Å². The topological polar surface area (TPSA) is 69.4 Å². The second kappa shape index (κ2) is 4.91. The third kappa shape index (κ3) is 2.14. The lowest BCUT2D eigenvalue weighted by Crippen LogP contribution is -2.02. The van der Waals surface area contributed by atoms with Gasteiger partial charge in [-0.3, -0.25) is 9.78 Å². The zero-order valence-electron chi connectivity index (χ0n) is 12.2. The van der Waals surface area contributed by atoms with Gasteiger partial charge in [-0.25, -0.2) is 4.79 Å². The van der Waals surface area contributed by atoms with E-state index in [9.17, 15) is 9.59 Å². The van der Waals surface area contributed by atoms with Crippen molar-refractivity contribution >= 4 is 22.8 Å². The third-order valence-corrected chi connectivity index (χ3v) is 3.72. The highest BCUT2D eigenvalue weighted by molar-refractivity contribution is 6.20. The van der Waals surface area contributed by atoms with Crippen molar-refractivity contribution in [3.8, 4) is 5.75 Å². The number of hydrogen-bond donors (Lipinski definition) is 0. The Morgan fingerprint density at radius 1 is 1.13 bits per heavy atom. The van der Waals surface area contributed by atoms with E-state index in [0.29, 0.717) is 11.4 Å². The summed E-state index contributed by atoms with van der Waals surface area (Å²) in [5.74, 6) is 0.235. The first-order valence-corrected chi connectivity index (χ1v) is 7.06. The molecule has 5 heteroatoms. The Kier molecular flexibility index (Phi) is 2.87. The highest BCUT2D eigenvalue weighted by Crippen LogP contribution is 2.37. The molecule has 112 valence electrons. The fraction of sp³-hybridized carbons (Fsp3) is 0.0556. The number of Topliss-reactive ketones (excluding diaryl/α,β-unsaturated/α-hetero) is 1. The van der Waals surface area contributed by atoms with Gasteiger partial charge in [0.1, 0.15) is 11.3 Å². The fourth-order valence-corrected chi connectivity index (χ4v) is 2.64. The molecule has 0 fully saturated rings. The van der Waals surface area contributed by atoms with Crippen molar-refractivity contribution in [2.24, 2.45) is 0 Å². The van der Waals surface area contributed by atoms with Crippen molar-refractivity contribution in [2.75, 3.05) is 0 Å². The molecule has 0 amide bonds. The van der Waals surface area contributed by atoms with Gasteiger partial charge in [0.15, 0.2) is 11.3 Å². The number of allylic oxidation sites excluding steroid dienone is 1. The molecule has 1 aromatic carbocycles. The van der Waals surface area contributed by atoms with Crippen molar-refractivity contribution in [1.82, 2.24) is 4.98 Å². The predicted molar refractivity (Wildman–Crippen MR) is 84.4 cm³/mol. The summed E-state index contributed by atoms with van der Waals surface area (Å²) in [4.78, 5) is 28.4. The lowest BCUT2D eigenvalue weighted by molar-refractivity contribution is 0.101. The average molecular weight is 305 g/mol. The molecule has 0 radical (unpaired) electrons. The second-order valence-corrected chi connectivity index (χ2v) is 5.26. The number of pyridine rings is 1. The Hall–Kier alpha value is -3.21. The van der Waals surface area contributed by atoms with Gasteiger partial charge < -0.3 is 9.15 Å². The first-order valence-electron chi connectivity index (χ1n) is 7.06. The molecule has 0 saturated heterocycles. The molecular formula is C18H11NO4. The van der Waals surface area contributed by atoms with Crippen molar-refractivity contribution in [3.63, 3.8) is 0 Å². The van der Waals surface area contributed by atoms with Crippen molar-refractivity contribution in [1.29, 1.82) is 0 Å². The van der Waals surface area contributed by atoms with Gasteiger partial charge in [0.2, 0.25) is 5.78 Å². The second-order valence-electron chi connectivity index (χ2n) is 5.26. The van der Waals surface area contributed by atoms with Gasteiger partial charge in [0.05, 0.1) is 5.69 Å². The number of fused-ring (bicyclic) bond motifs is 3. The van der Waals surface area contributed by atoms with Crippen LogP contribution in [0.15, 0.2) is 57.6 Å². The molecule has 3 heterocycles. The molecule has 5 nitrogen and oxygen atoms in total. The summed E-state index contributed by atoms with van der Waals surface area (Å²) in [5.41, 5.74) is 1.44. The summed E-state index contributed by atoms with van der Waals surface area (Å²) in [6.45, 7) is 1.80. The van der Waals surface area contributed by atoms with E-state index in [1.54, 1.807) is 43.5 Å². The van der Waals surface area contributed by atoms with Gasteiger partial charge in [-0.2, -0.15) is 0 Å². The summed E-state index contributed by atoms with van der Waals surface area (Å²) in [7, 11) is 0. The van der Waals surface area contributed by atoms with Crippen molar-refractivity contribution in [3.05, 3.63) is 75.6 Å². The fourth-order valence-electron chi connectivity index (χ4n) is 2.64. The summed E-state index contributed by atoms with van der Waals surface area (Å²) in [6, 6.07) is 10.3. The Labute approximate surface area is 130 Å². The number of nitrogens with zero attached hydrogens (tertiary/aromatic N) is 1. The Balaban J connectivity index is 1.91. The molecule has 0 spiro atoms. The van der Waals surface area contributed by atoms with Crippen LogP contribution in [0.1, 0.15) is 21.6 Å². The van der Waals surface area contributed by atoms with Crippen LogP contribution >= 0.6 is 0 Å². The molecular weight excluding hydrogens is 294 g/mol. The number of rotatable bonds is 1. The standard InChI is InChI=1S/C18H11NO4/c1-10-8-15(20)23-18-12(10)5-6-13-16(18)17(21)14(22-13)9-11-4-2-3-7-19-11/h2-9H,1H3/b14-9-. The minimum absolute atomic E-state index is 0.162. The van der Waals surface area contributed by atoms with Crippen LogP contribution in [0.4, 0.5) is 0 Å². The predicted octanol–water partition coefficient (Wildman–Crippen LogP) is 3.11. The van der Waals surface area contributed by atoms with Crippen LogP contribution in [0.25, 0.3) is 17.0 Å². The van der Waals surface area contributed by atoms with Gasteiger partial charge in [-0.15, -0.1) is 0 Å². The molecule has 0 bridgehead atoms. The smallest absolute Gasteiger partial charge is 0.336 e. The molecule has 0 unspecified atom stereocenters. The van der Waals surface area contributed by atoms with E-state index in [1.165, 1.54) is 6.07 Å². The Morgan fingerprint density at radius 2 is 2.00 bits per heavy atom. The number of ketones is 1. The van der Waals surface area contributed by atoms with Gasteiger partial charge in [-0.05, 0) is 36.8 Å². The Bertz CT molecular complexity index is 1030. The Morgan fingerprint density at radius 3 is 2.78 bits per heavy atom. The van der Waals surface area contributed by atoms with Crippen molar-refractivity contribution in [2.45, 2.75) is 6.92 Å². The number of benzene rings is 1. The van der Waals surface area contributed by atoms with Crippen LogP contribution in [0.3, 0.4) is 0 Å². The maximum atomic E-state index is 12.7. The van der Waals surface area contributed by atoms with Crippen LogP contribution in [0.5, 0.6) is 5.75 Å². The summed E-state index contributed by atoms with van der Waals surface area (Å²) < 4.78 is 10.9. The first kappa shape index (κ1) is 13.5. The average Bonchev–Trinajstić information content (AvgIpc) is 2.85. The van der Waals surface area contributed by atoms with Gasteiger partial charge >= 0.3 is 5.63 Å². The largest absolute Gasteiger partial charge is 0.452 e. The maximum Gasteiger partial charge on any atom is 0.336 e. The number of hydrogen-bond acceptors (Lipinski definition) is 5. The van der Waals surface area contributed by atoms with Crippen LogP contribution in [-0.2, 0) is 0 Å².